The molecule has 1 heterocycles. The van der Waals surface area contributed by atoms with Crippen molar-refractivity contribution >= 4 is 35.4 Å². The SMILES string of the molecule is O=C(/C=C/c1ccc(F)c(Cl)c1)NNC(=O)C(=O)NCc1ccco1. The van der Waals surface area contributed by atoms with E-state index >= 15 is 0 Å². The highest BCUT2D eigenvalue weighted by Gasteiger charge is 2.13. The first-order valence-electron chi connectivity index (χ1n) is 6.99. The van der Waals surface area contributed by atoms with Crippen molar-refractivity contribution in [2.24, 2.45) is 0 Å². The lowest BCUT2D eigenvalue weighted by Crippen LogP contribution is -2.47. The number of nitrogens with one attached hydrogen (secondary N) is 3. The molecule has 0 radical (unpaired) electrons. The van der Waals surface area contributed by atoms with Crippen LogP contribution >= 0.6 is 11.6 Å². The fraction of sp³-hybridized carbons (Fsp3) is 0.0625. The molecule has 0 spiro atoms. The van der Waals surface area contributed by atoms with Gasteiger partial charge in [0.2, 0.25) is 0 Å². The van der Waals surface area contributed by atoms with Crippen molar-refractivity contribution in [3.8, 4) is 0 Å². The third-order valence-corrected chi connectivity index (χ3v) is 3.17. The highest BCUT2D eigenvalue weighted by Crippen LogP contribution is 2.16. The van der Waals surface area contributed by atoms with Crippen LogP contribution in [0.15, 0.2) is 47.1 Å². The van der Waals surface area contributed by atoms with E-state index < -0.39 is 23.5 Å². The Morgan fingerprint density at radius 3 is 2.64 bits per heavy atom. The maximum Gasteiger partial charge on any atom is 0.327 e. The van der Waals surface area contributed by atoms with Crippen LogP contribution in [0.25, 0.3) is 6.08 Å². The van der Waals surface area contributed by atoms with E-state index in [0.29, 0.717) is 11.3 Å². The van der Waals surface area contributed by atoms with Gasteiger partial charge in [0.05, 0.1) is 17.8 Å². The van der Waals surface area contributed by atoms with Gasteiger partial charge in [0.1, 0.15) is 11.6 Å². The first-order valence-corrected chi connectivity index (χ1v) is 7.37. The molecular formula is C16H13ClFN3O4. The quantitative estimate of drug-likeness (QED) is 0.435. The van der Waals surface area contributed by atoms with Gasteiger partial charge in [-0.2, -0.15) is 0 Å². The monoisotopic (exact) mass is 365 g/mol. The normalized spacial score (nSPS) is 10.5. The summed E-state index contributed by atoms with van der Waals surface area (Å²) in [5.41, 5.74) is 4.48. The molecule has 0 aliphatic rings. The maximum absolute atomic E-state index is 13.0. The average molecular weight is 366 g/mol. The number of furan rings is 1. The highest BCUT2D eigenvalue weighted by atomic mass is 35.5. The summed E-state index contributed by atoms with van der Waals surface area (Å²) in [5, 5.41) is 2.23. The lowest BCUT2D eigenvalue weighted by atomic mass is 10.2. The zero-order valence-electron chi connectivity index (χ0n) is 12.7. The molecule has 3 amide bonds. The third-order valence-electron chi connectivity index (χ3n) is 2.88. The minimum Gasteiger partial charge on any atom is -0.467 e. The van der Waals surface area contributed by atoms with Gasteiger partial charge >= 0.3 is 11.8 Å². The van der Waals surface area contributed by atoms with Gasteiger partial charge in [-0.25, -0.2) is 4.39 Å². The first kappa shape index (κ1) is 18.2. The van der Waals surface area contributed by atoms with Crippen LogP contribution in [-0.4, -0.2) is 17.7 Å². The number of rotatable bonds is 4. The summed E-state index contributed by atoms with van der Waals surface area (Å²) in [4.78, 5) is 34.6. The summed E-state index contributed by atoms with van der Waals surface area (Å²) in [6, 6.07) is 7.19. The van der Waals surface area contributed by atoms with Crippen LogP contribution in [0.4, 0.5) is 4.39 Å². The number of benzene rings is 1. The van der Waals surface area contributed by atoms with E-state index in [9.17, 15) is 18.8 Å². The molecule has 0 aliphatic carbocycles. The Kier molecular flexibility index (Phi) is 6.30. The first-order chi connectivity index (χ1) is 12.0. The number of carbonyl (C=O) groups excluding carboxylic acids is 3. The molecule has 0 atom stereocenters. The number of hydrogen-bond donors (Lipinski definition) is 3. The highest BCUT2D eigenvalue weighted by molar-refractivity contribution is 6.35. The zero-order valence-corrected chi connectivity index (χ0v) is 13.5. The minimum atomic E-state index is -1.04. The molecule has 0 bridgehead atoms. The summed E-state index contributed by atoms with van der Waals surface area (Å²) in [6.07, 6.45) is 3.89. The Hall–Kier alpha value is -3.13. The maximum atomic E-state index is 13.0. The molecule has 130 valence electrons. The Bertz CT molecular complexity index is 806. The van der Waals surface area contributed by atoms with Gasteiger partial charge in [0.15, 0.2) is 0 Å². The van der Waals surface area contributed by atoms with Crippen molar-refractivity contribution in [1.29, 1.82) is 0 Å². The molecule has 2 rings (SSSR count). The van der Waals surface area contributed by atoms with Gasteiger partial charge in [-0.3, -0.25) is 25.2 Å². The lowest BCUT2D eigenvalue weighted by Gasteiger charge is -2.05. The molecule has 25 heavy (non-hydrogen) atoms. The minimum absolute atomic E-state index is 0.0401. The Morgan fingerprint density at radius 2 is 1.96 bits per heavy atom. The second-order valence-electron chi connectivity index (χ2n) is 4.71. The predicted molar refractivity (Wildman–Crippen MR) is 87.3 cm³/mol. The molecule has 0 saturated carbocycles. The summed E-state index contributed by atoms with van der Waals surface area (Å²) in [6.45, 7) is 0.0401. The number of carbonyl (C=O) groups is 3. The molecule has 2 aromatic rings. The molecule has 9 heteroatoms. The molecule has 0 aliphatic heterocycles. The summed E-state index contributed by atoms with van der Waals surface area (Å²) < 4.78 is 18.0. The van der Waals surface area contributed by atoms with Crippen molar-refractivity contribution in [2.45, 2.75) is 6.54 Å². The largest absolute Gasteiger partial charge is 0.467 e. The van der Waals surface area contributed by atoms with E-state index in [1.165, 1.54) is 24.5 Å². The fourth-order valence-electron chi connectivity index (χ4n) is 1.67. The van der Waals surface area contributed by atoms with Crippen LogP contribution in [0.3, 0.4) is 0 Å². The Labute approximate surface area is 146 Å². The molecule has 0 saturated heterocycles. The number of hydrogen-bond acceptors (Lipinski definition) is 4. The standard InChI is InChI=1S/C16H13ClFN3O4/c17-12-8-10(3-5-13(12)18)4-6-14(22)20-21-16(24)15(23)19-9-11-2-1-7-25-11/h1-8H,9H2,(H,19,23)(H,20,22)(H,21,24)/b6-4+. The summed E-state index contributed by atoms with van der Waals surface area (Å²) in [7, 11) is 0. The number of halogens is 2. The van der Waals surface area contributed by atoms with Gasteiger partial charge < -0.3 is 9.73 Å². The van der Waals surface area contributed by atoms with E-state index in [4.69, 9.17) is 16.0 Å². The van der Waals surface area contributed by atoms with Crippen LogP contribution in [0.2, 0.25) is 5.02 Å². The molecule has 7 nitrogen and oxygen atoms in total. The van der Waals surface area contributed by atoms with Crippen LogP contribution < -0.4 is 16.2 Å². The van der Waals surface area contributed by atoms with E-state index in [-0.39, 0.29) is 11.6 Å². The molecule has 1 aromatic heterocycles. The van der Waals surface area contributed by atoms with Crippen LogP contribution in [0, 0.1) is 5.82 Å². The van der Waals surface area contributed by atoms with Gasteiger partial charge in [-0.1, -0.05) is 17.7 Å². The van der Waals surface area contributed by atoms with E-state index in [0.717, 1.165) is 12.1 Å². The van der Waals surface area contributed by atoms with Crippen molar-refractivity contribution in [3.05, 3.63) is 64.8 Å². The lowest BCUT2D eigenvalue weighted by molar-refractivity contribution is -0.140. The third kappa shape index (κ3) is 5.78. The molecular weight excluding hydrogens is 353 g/mol. The van der Waals surface area contributed by atoms with Crippen molar-refractivity contribution in [2.75, 3.05) is 0 Å². The second-order valence-corrected chi connectivity index (χ2v) is 5.12. The van der Waals surface area contributed by atoms with Gasteiger partial charge in [-0.05, 0) is 35.9 Å². The molecule has 1 aromatic carbocycles. The smallest absolute Gasteiger partial charge is 0.327 e. The van der Waals surface area contributed by atoms with Crippen LogP contribution in [-0.2, 0) is 20.9 Å². The van der Waals surface area contributed by atoms with Gasteiger partial charge in [-0.15, -0.1) is 0 Å². The number of hydrazine groups is 1. The van der Waals surface area contributed by atoms with E-state index in [1.807, 2.05) is 10.9 Å². The fourth-order valence-corrected chi connectivity index (χ4v) is 1.85. The molecule has 3 N–H and O–H groups in total. The zero-order chi connectivity index (χ0) is 18.2. The summed E-state index contributed by atoms with van der Waals surface area (Å²) in [5.74, 6) is -2.76. The second kappa shape index (κ2) is 8.65. The average Bonchev–Trinajstić information content (AvgIpc) is 3.12. The predicted octanol–water partition coefficient (Wildman–Crippen LogP) is 1.55. The Balaban J connectivity index is 1.76. The van der Waals surface area contributed by atoms with E-state index in [1.54, 1.807) is 12.1 Å². The van der Waals surface area contributed by atoms with Crippen LogP contribution in [0.5, 0.6) is 0 Å². The Morgan fingerprint density at radius 1 is 1.16 bits per heavy atom. The molecule has 0 fully saturated rings. The van der Waals surface area contributed by atoms with Crippen molar-refractivity contribution in [1.82, 2.24) is 16.2 Å². The summed E-state index contributed by atoms with van der Waals surface area (Å²) >= 11 is 5.62. The van der Waals surface area contributed by atoms with Gasteiger partial charge in [0, 0.05) is 6.08 Å². The van der Waals surface area contributed by atoms with Crippen LogP contribution in [0.1, 0.15) is 11.3 Å². The van der Waals surface area contributed by atoms with Crippen molar-refractivity contribution in [3.63, 3.8) is 0 Å². The van der Waals surface area contributed by atoms with Gasteiger partial charge in [0.25, 0.3) is 5.91 Å². The number of amides is 3. The molecule has 0 unspecified atom stereocenters. The topological polar surface area (TPSA) is 100 Å². The van der Waals surface area contributed by atoms with Crippen molar-refractivity contribution < 1.29 is 23.2 Å². The van der Waals surface area contributed by atoms with E-state index in [2.05, 4.69) is 5.32 Å².